The lowest BCUT2D eigenvalue weighted by Gasteiger charge is -2.37. The molecule has 2 atom stereocenters. The number of hydrogen-bond donors (Lipinski definition) is 1. The van der Waals surface area contributed by atoms with E-state index in [1.807, 2.05) is 55.5 Å². The van der Waals surface area contributed by atoms with Crippen LogP contribution in [0.2, 0.25) is 0 Å². The van der Waals surface area contributed by atoms with E-state index >= 15 is 0 Å². The smallest absolute Gasteiger partial charge is 0.337 e. The molecule has 0 aromatic heterocycles. The molecule has 0 amide bonds. The van der Waals surface area contributed by atoms with Gasteiger partial charge in [0.1, 0.15) is 17.6 Å². The number of benzene rings is 2. The van der Waals surface area contributed by atoms with E-state index in [1.54, 1.807) is 14.2 Å². The molecule has 5 rings (SSSR count). The SMILES string of the molecule is COc1ccc([C@@H]2CC(=O)C3=C(C2)NC(C)=C(C(=O)OC2CCCCC2)[C@@H]3c2ccc(OC)cc2)cc1. The number of methoxy groups -OCH3 is 2. The summed E-state index contributed by atoms with van der Waals surface area (Å²) in [5.41, 5.74) is 4.85. The van der Waals surface area contributed by atoms with Gasteiger partial charge in [0.2, 0.25) is 0 Å². The molecule has 1 heterocycles. The summed E-state index contributed by atoms with van der Waals surface area (Å²) in [5, 5.41) is 3.45. The molecule has 0 radical (unpaired) electrons. The monoisotopic (exact) mass is 501 g/mol. The Morgan fingerprint density at radius 2 is 1.43 bits per heavy atom. The summed E-state index contributed by atoms with van der Waals surface area (Å²) in [7, 11) is 3.27. The van der Waals surface area contributed by atoms with Crippen LogP contribution in [-0.2, 0) is 14.3 Å². The number of allylic oxidation sites excluding steroid dienone is 3. The number of hydrogen-bond acceptors (Lipinski definition) is 6. The quantitative estimate of drug-likeness (QED) is 0.494. The lowest BCUT2D eigenvalue weighted by atomic mass is 9.71. The highest BCUT2D eigenvalue weighted by Gasteiger charge is 2.42. The first-order chi connectivity index (χ1) is 18.0. The number of carbonyl (C=O) groups excluding carboxylic acids is 2. The van der Waals surface area contributed by atoms with Crippen LogP contribution in [0.4, 0.5) is 0 Å². The minimum Gasteiger partial charge on any atom is -0.497 e. The van der Waals surface area contributed by atoms with Gasteiger partial charge in [0.25, 0.3) is 0 Å². The molecular formula is C31H35NO5. The third-order valence-corrected chi connectivity index (χ3v) is 7.91. The van der Waals surface area contributed by atoms with Crippen LogP contribution in [0.5, 0.6) is 11.5 Å². The highest BCUT2D eigenvalue weighted by atomic mass is 16.5. The molecule has 0 unspecified atom stereocenters. The van der Waals surface area contributed by atoms with Gasteiger partial charge in [0, 0.05) is 29.3 Å². The van der Waals surface area contributed by atoms with Crippen molar-refractivity contribution in [3.63, 3.8) is 0 Å². The molecule has 6 heteroatoms. The van der Waals surface area contributed by atoms with Crippen molar-refractivity contribution in [2.45, 2.75) is 69.8 Å². The summed E-state index contributed by atoms with van der Waals surface area (Å²) in [4.78, 5) is 27.4. The largest absolute Gasteiger partial charge is 0.497 e. The van der Waals surface area contributed by atoms with Crippen LogP contribution >= 0.6 is 0 Å². The van der Waals surface area contributed by atoms with Gasteiger partial charge in [-0.1, -0.05) is 30.7 Å². The van der Waals surface area contributed by atoms with Gasteiger partial charge in [-0.25, -0.2) is 4.79 Å². The van der Waals surface area contributed by atoms with E-state index in [9.17, 15) is 9.59 Å². The average Bonchev–Trinajstić information content (AvgIpc) is 2.92. The Morgan fingerprint density at radius 1 is 0.838 bits per heavy atom. The van der Waals surface area contributed by atoms with Crippen LogP contribution in [0, 0.1) is 0 Å². The Kier molecular flexibility index (Phi) is 7.36. The number of rotatable bonds is 6. The number of ether oxygens (including phenoxy) is 3. The summed E-state index contributed by atoms with van der Waals surface area (Å²) in [5.74, 6) is 0.849. The van der Waals surface area contributed by atoms with E-state index < -0.39 is 5.92 Å². The van der Waals surface area contributed by atoms with Crippen LogP contribution in [0.1, 0.15) is 74.8 Å². The number of nitrogens with one attached hydrogen (secondary N) is 1. The van der Waals surface area contributed by atoms with Crippen molar-refractivity contribution >= 4 is 11.8 Å². The molecule has 6 nitrogen and oxygen atoms in total. The fourth-order valence-corrected chi connectivity index (χ4v) is 5.95. The normalized spacial score (nSPS) is 22.3. The minimum atomic E-state index is -0.470. The first-order valence-corrected chi connectivity index (χ1v) is 13.2. The molecule has 37 heavy (non-hydrogen) atoms. The van der Waals surface area contributed by atoms with E-state index in [-0.39, 0.29) is 23.8 Å². The minimum absolute atomic E-state index is 0.0599. The zero-order valence-electron chi connectivity index (χ0n) is 21.8. The first-order valence-electron chi connectivity index (χ1n) is 13.2. The fraction of sp³-hybridized carbons (Fsp3) is 0.419. The third-order valence-electron chi connectivity index (χ3n) is 7.91. The van der Waals surface area contributed by atoms with Crippen molar-refractivity contribution in [1.82, 2.24) is 5.32 Å². The molecule has 2 aromatic carbocycles. The van der Waals surface area contributed by atoms with E-state index in [2.05, 4.69) is 5.32 Å². The molecule has 0 saturated heterocycles. The summed E-state index contributed by atoms with van der Waals surface area (Å²) in [6, 6.07) is 15.6. The van der Waals surface area contributed by atoms with Gasteiger partial charge in [-0.3, -0.25) is 4.79 Å². The second-order valence-corrected chi connectivity index (χ2v) is 10.2. The van der Waals surface area contributed by atoms with Gasteiger partial charge in [-0.2, -0.15) is 0 Å². The highest BCUT2D eigenvalue weighted by molar-refractivity contribution is 6.04. The number of Topliss-reactive ketones (excluding diaryl/α,β-unsaturated/α-hetero) is 1. The van der Waals surface area contributed by atoms with Gasteiger partial charge < -0.3 is 19.5 Å². The summed E-state index contributed by atoms with van der Waals surface area (Å²) >= 11 is 0. The molecular weight excluding hydrogens is 466 g/mol. The van der Waals surface area contributed by atoms with Crippen molar-refractivity contribution in [1.29, 1.82) is 0 Å². The maximum absolute atomic E-state index is 13.8. The summed E-state index contributed by atoms with van der Waals surface area (Å²) in [6.45, 7) is 1.92. The van der Waals surface area contributed by atoms with Crippen LogP contribution in [0.3, 0.4) is 0 Å². The van der Waals surface area contributed by atoms with Gasteiger partial charge in [-0.05, 0) is 80.3 Å². The Labute approximate surface area is 218 Å². The lowest BCUT2D eigenvalue weighted by molar-refractivity contribution is -0.146. The van der Waals surface area contributed by atoms with E-state index in [1.165, 1.54) is 6.42 Å². The van der Waals surface area contributed by atoms with Gasteiger partial charge in [0.05, 0.1) is 19.8 Å². The molecule has 2 aromatic rings. The van der Waals surface area contributed by atoms with Crippen LogP contribution in [-0.4, -0.2) is 32.1 Å². The molecule has 0 spiro atoms. The highest BCUT2D eigenvalue weighted by Crippen LogP contribution is 2.46. The van der Waals surface area contributed by atoms with Crippen LogP contribution in [0.25, 0.3) is 0 Å². The predicted molar refractivity (Wildman–Crippen MR) is 142 cm³/mol. The Morgan fingerprint density at radius 3 is 2.03 bits per heavy atom. The topological polar surface area (TPSA) is 73.9 Å². The maximum Gasteiger partial charge on any atom is 0.337 e. The van der Waals surface area contributed by atoms with Gasteiger partial charge in [0.15, 0.2) is 5.78 Å². The molecule has 0 bridgehead atoms. The molecule has 2 aliphatic carbocycles. The average molecular weight is 502 g/mol. The molecule has 1 aliphatic heterocycles. The Bertz CT molecular complexity index is 1220. The van der Waals surface area contributed by atoms with Crippen molar-refractivity contribution in [3.05, 3.63) is 82.2 Å². The molecule has 1 fully saturated rings. The summed E-state index contributed by atoms with van der Waals surface area (Å²) in [6.07, 6.45) is 6.17. The molecule has 1 N–H and O–H groups in total. The van der Waals surface area contributed by atoms with E-state index in [0.717, 1.165) is 59.7 Å². The standard InChI is InChI=1S/C31H35NO5/c1-19-28(31(34)37-25-7-5-4-6-8-25)29(21-11-15-24(36-3)16-12-21)30-26(32-19)17-22(18-27(30)33)20-9-13-23(35-2)14-10-20/h9-16,22,25,29,32H,4-8,17-18H2,1-3H3/t22-,29-/m0/s1. The summed E-state index contributed by atoms with van der Waals surface area (Å²) < 4.78 is 16.7. The van der Waals surface area contributed by atoms with E-state index in [4.69, 9.17) is 14.2 Å². The number of esters is 1. The van der Waals surface area contributed by atoms with Crippen molar-refractivity contribution in [3.8, 4) is 11.5 Å². The molecule has 1 saturated carbocycles. The van der Waals surface area contributed by atoms with Crippen molar-refractivity contribution < 1.29 is 23.8 Å². The Balaban J connectivity index is 1.50. The third kappa shape index (κ3) is 5.15. The van der Waals surface area contributed by atoms with Crippen molar-refractivity contribution in [2.24, 2.45) is 0 Å². The predicted octanol–water partition coefficient (Wildman–Crippen LogP) is 5.94. The maximum atomic E-state index is 13.8. The molecule has 194 valence electrons. The second kappa shape index (κ2) is 10.8. The lowest BCUT2D eigenvalue weighted by Crippen LogP contribution is -2.37. The molecule has 3 aliphatic rings. The van der Waals surface area contributed by atoms with Crippen LogP contribution < -0.4 is 14.8 Å². The Hall–Kier alpha value is -3.54. The first kappa shape index (κ1) is 25.1. The zero-order valence-corrected chi connectivity index (χ0v) is 21.8. The zero-order chi connectivity index (χ0) is 25.9. The second-order valence-electron chi connectivity index (χ2n) is 10.2. The van der Waals surface area contributed by atoms with Crippen molar-refractivity contribution in [2.75, 3.05) is 14.2 Å². The number of ketones is 1. The fourth-order valence-electron chi connectivity index (χ4n) is 5.95. The number of carbonyl (C=O) groups is 2. The van der Waals surface area contributed by atoms with Crippen LogP contribution in [0.15, 0.2) is 71.1 Å². The number of dihydropyridines is 1. The van der Waals surface area contributed by atoms with E-state index in [0.29, 0.717) is 24.0 Å². The van der Waals surface area contributed by atoms with Gasteiger partial charge in [-0.15, -0.1) is 0 Å². The van der Waals surface area contributed by atoms with Gasteiger partial charge >= 0.3 is 5.97 Å².